The van der Waals surface area contributed by atoms with E-state index in [1.807, 2.05) is 53.2 Å². The van der Waals surface area contributed by atoms with Gasteiger partial charge in [0, 0.05) is 10.4 Å². The van der Waals surface area contributed by atoms with E-state index in [4.69, 9.17) is 11.6 Å². The molecular weight excluding hydrogens is 260 g/mol. The summed E-state index contributed by atoms with van der Waals surface area (Å²) < 4.78 is 1.81. The smallest absolute Gasteiger partial charge is 0.207 e. The Kier molecular flexibility index (Phi) is 3.05. The highest BCUT2D eigenvalue weighted by molar-refractivity contribution is 6.30. The van der Waals surface area contributed by atoms with Crippen LogP contribution in [-0.2, 0) is 6.54 Å². The maximum absolute atomic E-state index is 11.7. The van der Waals surface area contributed by atoms with Crippen LogP contribution in [0, 0.1) is 0 Å². The lowest BCUT2D eigenvalue weighted by Crippen LogP contribution is -2.12. The maximum Gasteiger partial charge on any atom is 0.207 e. The van der Waals surface area contributed by atoms with Crippen LogP contribution in [0.25, 0.3) is 10.9 Å². The molecule has 0 aliphatic carbocycles. The van der Waals surface area contributed by atoms with Crippen LogP contribution in [0.15, 0.2) is 59.5 Å². The van der Waals surface area contributed by atoms with Gasteiger partial charge in [0.1, 0.15) is 0 Å². The molecule has 3 aromatic rings. The first kappa shape index (κ1) is 11.9. The van der Waals surface area contributed by atoms with Crippen LogP contribution in [0.5, 0.6) is 0 Å². The maximum atomic E-state index is 11.7. The summed E-state index contributed by atoms with van der Waals surface area (Å²) in [7, 11) is 0. The Morgan fingerprint density at radius 1 is 1.11 bits per heavy atom. The van der Waals surface area contributed by atoms with Crippen molar-refractivity contribution in [1.82, 2.24) is 9.78 Å². The Hall–Kier alpha value is -2.13. The molecule has 19 heavy (non-hydrogen) atoms. The zero-order chi connectivity index (χ0) is 13.2. The summed E-state index contributed by atoms with van der Waals surface area (Å²) in [5.41, 5.74) is 1.82. The molecule has 0 atom stereocenters. The predicted molar refractivity (Wildman–Crippen MR) is 76.6 cm³/mol. The SMILES string of the molecule is O=c1cnn(Cc2cccc(Cl)c2)c2ccccc12. The zero-order valence-corrected chi connectivity index (χ0v) is 10.8. The van der Waals surface area contributed by atoms with Gasteiger partial charge < -0.3 is 0 Å². The normalized spacial score (nSPS) is 10.8. The molecule has 0 saturated carbocycles. The molecule has 0 saturated heterocycles. The highest BCUT2D eigenvalue weighted by Crippen LogP contribution is 2.14. The monoisotopic (exact) mass is 270 g/mol. The van der Waals surface area contributed by atoms with Crippen LogP contribution in [-0.4, -0.2) is 9.78 Å². The molecule has 4 heteroatoms. The Bertz CT molecular complexity index is 795. The first-order valence-corrected chi connectivity index (χ1v) is 6.31. The van der Waals surface area contributed by atoms with E-state index in [9.17, 15) is 4.79 Å². The van der Waals surface area contributed by atoms with Gasteiger partial charge in [-0.05, 0) is 29.8 Å². The summed E-state index contributed by atoms with van der Waals surface area (Å²) in [6.45, 7) is 0.585. The van der Waals surface area contributed by atoms with E-state index in [0.29, 0.717) is 17.0 Å². The van der Waals surface area contributed by atoms with Crippen LogP contribution < -0.4 is 5.43 Å². The highest BCUT2D eigenvalue weighted by Gasteiger charge is 2.04. The Morgan fingerprint density at radius 3 is 2.79 bits per heavy atom. The first-order valence-electron chi connectivity index (χ1n) is 5.93. The lowest BCUT2D eigenvalue weighted by atomic mass is 10.2. The minimum Gasteiger partial charge on any atom is -0.287 e. The number of nitrogens with zero attached hydrogens (tertiary/aromatic N) is 2. The molecule has 0 bridgehead atoms. The van der Waals surface area contributed by atoms with Gasteiger partial charge in [-0.2, -0.15) is 5.10 Å². The fraction of sp³-hybridized carbons (Fsp3) is 0.0667. The third-order valence-electron chi connectivity index (χ3n) is 2.98. The van der Waals surface area contributed by atoms with Gasteiger partial charge in [0.25, 0.3) is 0 Å². The Labute approximate surface area is 115 Å². The Morgan fingerprint density at radius 2 is 1.95 bits per heavy atom. The second-order valence-electron chi connectivity index (χ2n) is 4.31. The molecule has 3 rings (SSSR count). The molecule has 0 fully saturated rings. The third-order valence-corrected chi connectivity index (χ3v) is 3.22. The molecule has 94 valence electrons. The van der Waals surface area contributed by atoms with E-state index in [1.54, 1.807) is 0 Å². The molecule has 0 unspecified atom stereocenters. The van der Waals surface area contributed by atoms with Crippen molar-refractivity contribution in [3.05, 3.63) is 75.5 Å². The summed E-state index contributed by atoms with van der Waals surface area (Å²) in [5.74, 6) is 0. The van der Waals surface area contributed by atoms with Crippen LogP contribution in [0.1, 0.15) is 5.56 Å². The average molecular weight is 271 g/mol. The summed E-state index contributed by atoms with van der Waals surface area (Å²) in [5, 5.41) is 5.57. The third kappa shape index (κ3) is 2.37. The molecule has 0 radical (unpaired) electrons. The zero-order valence-electron chi connectivity index (χ0n) is 10.1. The van der Waals surface area contributed by atoms with Crippen molar-refractivity contribution in [2.75, 3.05) is 0 Å². The molecule has 0 N–H and O–H groups in total. The predicted octanol–water partition coefficient (Wildman–Crippen LogP) is 3.10. The fourth-order valence-electron chi connectivity index (χ4n) is 2.10. The number of hydrogen-bond acceptors (Lipinski definition) is 2. The second kappa shape index (κ2) is 4.86. The van der Waals surface area contributed by atoms with E-state index >= 15 is 0 Å². The summed E-state index contributed by atoms with van der Waals surface area (Å²) in [4.78, 5) is 11.7. The van der Waals surface area contributed by atoms with E-state index in [2.05, 4.69) is 5.10 Å². The van der Waals surface area contributed by atoms with Gasteiger partial charge in [0.05, 0.1) is 18.3 Å². The molecule has 0 aliphatic heterocycles. The van der Waals surface area contributed by atoms with E-state index < -0.39 is 0 Å². The first-order chi connectivity index (χ1) is 9.24. The van der Waals surface area contributed by atoms with Gasteiger partial charge in [-0.3, -0.25) is 9.48 Å². The van der Waals surface area contributed by atoms with Crippen LogP contribution >= 0.6 is 11.6 Å². The van der Waals surface area contributed by atoms with E-state index in [0.717, 1.165) is 11.1 Å². The number of fused-ring (bicyclic) bond motifs is 1. The second-order valence-corrected chi connectivity index (χ2v) is 4.75. The minimum absolute atomic E-state index is 0.0575. The topological polar surface area (TPSA) is 34.9 Å². The van der Waals surface area contributed by atoms with Crippen molar-refractivity contribution >= 4 is 22.5 Å². The van der Waals surface area contributed by atoms with Gasteiger partial charge in [0.15, 0.2) is 0 Å². The quantitative estimate of drug-likeness (QED) is 0.717. The lowest BCUT2D eigenvalue weighted by Gasteiger charge is -2.09. The van der Waals surface area contributed by atoms with Crippen LogP contribution in [0.2, 0.25) is 5.02 Å². The van der Waals surface area contributed by atoms with Gasteiger partial charge in [-0.1, -0.05) is 35.9 Å². The molecular formula is C15H11ClN2O. The molecule has 2 aromatic carbocycles. The molecule has 1 heterocycles. The minimum atomic E-state index is -0.0575. The van der Waals surface area contributed by atoms with Crippen LogP contribution in [0.4, 0.5) is 0 Å². The molecule has 1 aromatic heterocycles. The van der Waals surface area contributed by atoms with Crippen molar-refractivity contribution in [2.45, 2.75) is 6.54 Å². The number of halogens is 1. The molecule has 3 nitrogen and oxygen atoms in total. The van der Waals surface area contributed by atoms with Crippen LogP contribution in [0.3, 0.4) is 0 Å². The number of hydrogen-bond donors (Lipinski definition) is 0. The number of aromatic nitrogens is 2. The van der Waals surface area contributed by atoms with E-state index in [-0.39, 0.29) is 5.43 Å². The molecule has 0 spiro atoms. The molecule has 0 aliphatic rings. The van der Waals surface area contributed by atoms with Crippen molar-refractivity contribution in [2.24, 2.45) is 0 Å². The summed E-state index contributed by atoms with van der Waals surface area (Å²) in [6.07, 6.45) is 1.35. The summed E-state index contributed by atoms with van der Waals surface area (Å²) in [6, 6.07) is 15.1. The van der Waals surface area contributed by atoms with E-state index in [1.165, 1.54) is 6.20 Å². The van der Waals surface area contributed by atoms with Gasteiger partial charge >= 0.3 is 0 Å². The van der Waals surface area contributed by atoms with Gasteiger partial charge in [-0.15, -0.1) is 0 Å². The number of benzene rings is 2. The van der Waals surface area contributed by atoms with Gasteiger partial charge in [0.2, 0.25) is 5.43 Å². The van der Waals surface area contributed by atoms with Crippen molar-refractivity contribution in [1.29, 1.82) is 0 Å². The average Bonchev–Trinajstić information content (AvgIpc) is 2.42. The lowest BCUT2D eigenvalue weighted by molar-refractivity contribution is 0.695. The molecule has 0 amide bonds. The highest BCUT2D eigenvalue weighted by atomic mass is 35.5. The van der Waals surface area contributed by atoms with Crippen molar-refractivity contribution in [3.63, 3.8) is 0 Å². The Balaban J connectivity index is 2.11. The number of rotatable bonds is 2. The number of para-hydroxylation sites is 1. The standard InChI is InChI=1S/C15H11ClN2O/c16-12-5-3-4-11(8-12)10-18-14-7-2-1-6-13(14)15(19)9-17-18/h1-9H,10H2. The van der Waals surface area contributed by atoms with Crippen molar-refractivity contribution < 1.29 is 0 Å². The van der Waals surface area contributed by atoms with Crippen molar-refractivity contribution in [3.8, 4) is 0 Å². The largest absolute Gasteiger partial charge is 0.287 e. The summed E-state index contributed by atoms with van der Waals surface area (Å²) >= 11 is 5.97. The fourth-order valence-corrected chi connectivity index (χ4v) is 2.31. The van der Waals surface area contributed by atoms with Gasteiger partial charge in [-0.25, -0.2) is 0 Å².